The van der Waals surface area contributed by atoms with E-state index in [0.717, 1.165) is 21.7 Å². The van der Waals surface area contributed by atoms with Gasteiger partial charge >= 0.3 is 5.97 Å². The standard InChI is InChI=1S/C24H27N3O3S/c1-17(2)18(3)25-22(28)16-30-23(29)12-11-20-15-27(14-19-8-5-4-6-9-19)26-24(20)21-10-7-13-31-21/h4-13,15,17-18H,14,16H2,1-3H3,(H,25,28)/b12-11-/t18-/m0/s1. The number of hydrogen-bond acceptors (Lipinski definition) is 5. The largest absolute Gasteiger partial charge is 0.452 e. The minimum absolute atomic E-state index is 0.0190. The number of nitrogens with zero attached hydrogens (tertiary/aromatic N) is 2. The van der Waals surface area contributed by atoms with Crippen LogP contribution in [0.4, 0.5) is 0 Å². The van der Waals surface area contributed by atoms with Crippen LogP contribution in [0.5, 0.6) is 0 Å². The predicted molar refractivity (Wildman–Crippen MR) is 124 cm³/mol. The quantitative estimate of drug-likeness (QED) is 0.398. The molecule has 0 unspecified atom stereocenters. The van der Waals surface area contributed by atoms with Crippen molar-refractivity contribution in [3.63, 3.8) is 0 Å². The second-order valence-corrected chi connectivity index (χ2v) is 8.58. The Hall–Kier alpha value is -3.19. The highest BCUT2D eigenvalue weighted by Crippen LogP contribution is 2.27. The molecule has 3 aromatic rings. The van der Waals surface area contributed by atoms with Gasteiger partial charge in [-0.3, -0.25) is 9.48 Å². The molecule has 3 rings (SSSR count). The fourth-order valence-electron chi connectivity index (χ4n) is 2.82. The zero-order valence-electron chi connectivity index (χ0n) is 17.9. The highest BCUT2D eigenvalue weighted by atomic mass is 32.1. The molecule has 0 fully saturated rings. The fourth-order valence-corrected chi connectivity index (χ4v) is 3.55. The maximum atomic E-state index is 12.1. The molecule has 0 aliphatic heterocycles. The third kappa shape index (κ3) is 6.65. The van der Waals surface area contributed by atoms with E-state index >= 15 is 0 Å². The molecule has 0 aliphatic rings. The zero-order chi connectivity index (χ0) is 22.2. The van der Waals surface area contributed by atoms with Crippen molar-refractivity contribution in [2.24, 2.45) is 5.92 Å². The SMILES string of the molecule is CC(C)[C@H](C)NC(=O)COC(=O)/C=C\c1cn(Cc2ccccc2)nc1-c1cccs1. The van der Waals surface area contributed by atoms with Gasteiger partial charge in [-0.05, 0) is 35.9 Å². The van der Waals surface area contributed by atoms with Gasteiger partial charge in [-0.1, -0.05) is 50.2 Å². The number of benzene rings is 1. The molecule has 1 N–H and O–H groups in total. The van der Waals surface area contributed by atoms with Gasteiger partial charge in [0, 0.05) is 23.9 Å². The van der Waals surface area contributed by atoms with Crippen molar-refractivity contribution in [3.8, 4) is 10.6 Å². The Balaban J connectivity index is 1.67. The lowest BCUT2D eigenvalue weighted by molar-refractivity contribution is -0.144. The van der Waals surface area contributed by atoms with E-state index in [-0.39, 0.29) is 18.6 Å². The Morgan fingerprint density at radius 3 is 2.61 bits per heavy atom. The lowest BCUT2D eigenvalue weighted by atomic mass is 10.1. The molecule has 31 heavy (non-hydrogen) atoms. The average molecular weight is 438 g/mol. The Morgan fingerprint density at radius 1 is 1.16 bits per heavy atom. The molecule has 1 aromatic carbocycles. The van der Waals surface area contributed by atoms with Crippen molar-refractivity contribution in [2.45, 2.75) is 33.4 Å². The molecule has 0 bridgehead atoms. The molecule has 0 saturated heterocycles. The number of amides is 1. The molecule has 162 valence electrons. The van der Waals surface area contributed by atoms with Gasteiger partial charge in [-0.25, -0.2) is 4.79 Å². The Morgan fingerprint density at radius 2 is 1.94 bits per heavy atom. The van der Waals surface area contributed by atoms with E-state index in [4.69, 9.17) is 9.84 Å². The number of carbonyl (C=O) groups excluding carboxylic acids is 2. The minimum Gasteiger partial charge on any atom is -0.452 e. The summed E-state index contributed by atoms with van der Waals surface area (Å²) >= 11 is 1.59. The van der Waals surface area contributed by atoms with E-state index in [1.54, 1.807) is 17.4 Å². The second-order valence-electron chi connectivity index (χ2n) is 7.63. The summed E-state index contributed by atoms with van der Waals surface area (Å²) in [5, 5.41) is 9.51. The van der Waals surface area contributed by atoms with Crippen LogP contribution in [0, 0.1) is 5.92 Å². The number of aromatic nitrogens is 2. The van der Waals surface area contributed by atoms with Crippen molar-refractivity contribution in [2.75, 3.05) is 6.61 Å². The van der Waals surface area contributed by atoms with Crippen LogP contribution in [0.1, 0.15) is 31.9 Å². The molecule has 6 nitrogen and oxygen atoms in total. The Kier molecular flexibility index (Phi) is 7.78. The average Bonchev–Trinajstić information content (AvgIpc) is 3.41. The summed E-state index contributed by atoms with van der Waals surface area (Å²) in [5.74, 6) is -0.569. The van der Waals surface area contributed by atoms with Crippen LogP contribution in [0.2, 0.25) is 0 Å². The lowest BCUT2D eigenvalue weighted by Gasteiger charge is -2.16. The summed E-state index contributed by atoms with van der Waals surface area (Å²) in [6.07, 6.45) is 4.92. The molecule has 7 heteroatoms. The number of hydrogen-bond donors (Lipinski definition) is 1. The smallest absolute Gasteiger partial charge is 0.331 e. The topological polar surface area (TPSA) is 73.2 Å². The fraction of sp³-hybridized carbons (Fsp3) is 0.292. The molecule has 2 heterocycles. The summed E-state index contributed by atoms with van der Waals surface area (Å²) in [6.45, 7) is 6.28. The van der Waals surface area contributed by atoms with Gasteiger partial charge in [0.1, 0.15) is 5.69 Å². The monoisotopic (exact) mass is 437 g/mol. The summed E-state index contributed by atoms with van der Waals surface area (Å²) in [5.41, 5.74) is 2.76. The molecule has 0 radical (unpaired) electrons. The second kappa shape index (κ2) is 10.7. The van der Waals surface area contributed by atoms with Gasteiger partial charge < -0.3 is 10.1 Å². The van der Waals surface area contributed by atoms with Crippen molar-refractivity contribution in [1.29, 1.82) is 0 Å². The van der Waals surface area contributed by atoms with E-state index in [1.165, 1.54) is 6.08 Å². The zero-order valence-corrected chi connectivity index (χ0v) is 18.8. The van der Waals surface area contributed by atoms with Gasteiger partial charge in [0.05, 0.1) is 11.4 Å². The molecule has 1 amide bonds. The summed E-state index contributed by atoms with van der Waals surface area (Å²) in [4.78, 5) is 25.0. The number of rotatable bonds is 9. The number of esters is 1. The highest BCUT2D eigenvalue weighted by molar-refractivity contribution is 7.13. The third-order valence-corrected chi connectivity index (χ3v) is 5.74. The van der Waals surface area contributed by atoms with Crippen molar-refractivity contribution >= 4 is 29.3 Å². The van der Waals surface area contributed by atoms with Crippen molar-refractivity contribution < 1.29 is 14.3 Å². The molecular formula is C24H27N3O3S. The molecule has 2 aromatic heterocycles. The third-order valence-electron chi connectivity index (χ3n) is 4.87. The van der Waals surface area contributed by atoms with Crippen molar-refractivity contribution in [3.05, 3.63) is 71.2 Å². The van der Waals surface area contributed by atoms with Gasteiger partial charge in [0.15, 0.2) is 6.61 Å². The predicted octanol–water partition coefficient (Wildman–Crippen LogP) is 4.38. The van der Waals surface area contributed by atoms with Crippen LogP contribution in [-0.2, 0) is 20.9 Å². The summed E-state index contributed by atoms with van der Waals surface area (Å²) < 4.78 is 6.93. The maximum absolute atomic E-state index is 12.1. The van der Waals surface area contributed by atoms with Crippen LogP contribution in [0.15, 0.2) is 60.1 Å². The van der Waals surface area contributed by atoms with E-state index in [1.807, 2.05) is 79.5 Å². The van der Waals surface area contributed by atoms with Crippen LogP contribution >= 0.6 is 11.3 Å². The summed E-state index contributed by atoms with van der Waals surface area (Å²) in [6, 6.07) is 14.0. The van der Waals surface area contributed by atoms with Crippen LogP contribution in [0.25, 0.3) is 16.6 Å². The normalized spacial score (nSPS) is 12.3. The number of ether oxygens (including phenoxy) is 1. The first-order valence-electron chi connectivity index (χ1n) is 10.2. The lowest BCUT2D eigenvalue weighted by Crippen LogP contribution is -2.38. The summed E-state index contributed by atoms with van der Waals surface area (Å²) in [7, 11) is 0. The van der Waals surface area contributed by atoms with Crippen molar-refractivity contribution in [1.82, 2.24) is 15.1 Å². The van der Waals surface area contributed by atoms with E-state index in [2.05, 4.69) is 5.32 Å². The van der Waals surface area contributed by atoms with Crippen LogP contribution in [-0.4, -0.2) is 34.3 Å². The van der Waals surface area contributed by atoms with Gasteiger partial charge in [-0.15, -0.1) is 11.3 Å². The first kappa shape index (κ1) is 22.5. The van der Waals surface area contributed by atoms with Gasteiger partial charge in [-0.2, -0.15) is 5.10 Å². The van der Waals surface area contributed by atoms with Gasteiger partial charge in [0.25, 0.3) is 5.91 Å². The van der Waals surface area contributed by atoms with E-state index in [9.17, 15) is 9.59 Å². The first-order valence-corrected chi connectivity index (χ1v) is 11.1. The van der Waals surface area contributed by atoms with E-state index < -0.39 is 5.97 Å². The molecular weight excluding hydrogens is 410 g/mol. The van der Waals surface area contributed by atoms with Gasteiger partial charge in [0.2, 0.25) is 0 Å². The Bertz CT molecular complexity index is 1020. The van der Waals surface area contributed by atoms with Crippen LogP contribution < -0.4 is 5.32 Å². The molecule has 0 aliphatic carbocycles. The number of thiophene rings is 1. The molecule has 0 spiro atoms. The number of carbonyl (C=O) groups is 2. The minimum atomic E-state index is -0.569. The molecule has 1 atom stereocenters. The molecule has 0 saturated carbocycles. The van der Waals surface area contributed by atoms with E-state index in [0.29, 0.717) is 12.5 Å². The van der Waals surface area contributed by atoms with Crippen LogP contribution in [0.3, 0.4) is 0 Å². The Labute approximate surface area is 186 Å². The first-order chi connectivity index (χ1) is 14.9. The highest BCUT2D eigenvalue weighted by Gasteiger charge is 2.13. The number of nitrogens with one attached hydrogen (secondary N) is 1. The maximum Gasteiger partial charge on any atom is 0.331 e.